The Kier molecular flexibility index (Phi) is 6.70. The van der Waals surface area contributed by atoms with Crippen LogP contribution in [0.15, 0.2) is 65.6 Å². The van der Waals surface area contributed by atoms with Crippen molar-refractivity contribution in [1.29, 1.82) is 0 Å². The normalized spacial score (nSPS) is 13.3. The van der Waals surface area contributed by atoms with E-state index in [9.17, 15) is 17.6 Å². The molecule has 0 atom stereocenters. The van der Waals surface area contributed by atoms with Crippen LogP contribution < -0.4 is 14.9 Å². The Bertz CT molecular complexity index is 1400. The van der Waals surface area contributed by atoms with Crippen LogP contribution >= 0.6 is 0 Å². The zero-order chi connectivity index (χ0) is 26.3. The van der Waals surface area contributed by atoms with E-state index >= 15 is 0 Å². The van der Waals surface area contributed by atoms with Gasteiger partial charge >= 0.3 is 6.03 Å². The summed E-state index contributed by atoms with van der Waals surface area (Å²) in [6.07, 6.45) is 0. The Morgan fingerprint density at radius 3 is 2.25 bits per heavy atom. The van der Waals surface area contributed by atoms with E-state index in [1.165, 1.54) is 29.8 Å². The average molecular weight is 511 g/mol. The molecule has 0 saturated heterocycles. The van der Waals surface area contributed by atoms with E-state index in [0.717, 1.165) is 11.1 Å². The molecule has 0 aromatic heterocycles. The van der Waals surface area contributed by atoms with Gasteiger partial charge in [0.1, 0.15) is 5.82 Å². The van der Waals surface area contributed by atoms with Crippen molar-refractivity contribution in [2.24, 2.45) is 0 Å². The first-order valence-corrected chi connectivity index (χ1v) is 13.1. The highest BCUT2D eigenvalue weighted by Crippen LogP contribution is 2.29. The molecule has 2 amide bonds. The number of hydrogen-bond donors (Lipinski definition) is 2. The van der Waals surface area contributed by atoms with E-state index in [4.69, 9.17) is 0 Å². The Hall–Kier alpha value is -3.59. The van der Waals surface area contributed by atoms with Crippen molar-refractivity contribution in [1.82, 2.24) is 4.90 Å². The molecule has 7 nitrogen and oxygen atoms in total. The second-order valence-electron chi connectivity index (χ2n) is 10.2. The SMILES string of the molecule is CN(C)c1ccc(F)c(NS(=O)(=O)c2ccc3c(c2)CN(C(=O)Nc2ccc(C(C)(C)C)cc2)C3)c1. The summed E-state index contributed by atoms with van der Waals surface area (Å²) in [7, 11) is -0.457. The number of carbonyl (C=O) groups is 1. The maximum atomic E-state index is 14.3. The molecule has 0 saturated carbocycles. The summed E-state index contributed by atoms with van der Waals surface area (Å²) in [6, 6.07) is 16.4. The van der Waals surface area contributed by atoms with E-state index in [0.29, 0.717) is 17.9 Å². The van der Waals surface area contributed by atoms with Crippen molar-refractivity contribution in [3.63, 3.8) is 0 Å². The summed E-state index contributed by atoms with van der Waals surface area (Å²) in [5.41, 5.74) is 4.03. The molecule has 3 aromatic carbocycles. The van der Waals surface area contributed by atoms with Gasteiger partial charge in [0.2, 0.25) is 0 Å². The standard InChI is InChI=1S/C27H31FN4O3S/c1-27(2,3)20-7-9-21(10-8-20)29-26(33)32-16-18-6-12-23(14-19(18)17-32)36(34,35)30-25-15-22(31(4)5)11-13-24(25)28/h6-15,30H,16-17H2,1-5H3,(H,29,33). The number of hydrogen-bond acceptors (Lipinski definition) is 4. The Balaban J connectivity index is 1.47. The van der Waals surface area contributed by atoms with E-state index in [2.05, 4.69) is 30.8 Å². The van der Waals surface area contributed by atoms with Crippen LogP contribution in [0.1, 0.15) is 37.5 Å². The molecule has 1 aliphatic heterocycles. The summed E-state index contributed by atoms with van der Waals surface area (Å²) in [5, 5.41) is 2.91. The molecule has 4 rings (SSSR count). The number of rotatable bonds is 5. The van der Waals surface area contributed by atoms with Gasteiger partial charge in [0.25, 0.3) is 10.0 Å². The summed E-state index contributed by atoms with van der Waals surface area (Å²) >= 11 is 0. The van der Waals surface area contributed by atoms with Gasteiger partial charge in [0.15, 0.2) is 0 Å². The summed E-state index contributed by atoms with van der Waals surface area (Å²) in [4.78, 5) is 16.2. The molecule has 0 spiro atoms. The largest absolute Gasteiger partial charge is 0.378 e. The van der Waals surface area contributed by atoms with E-state index in [-0.39, 0.29) is 28.6 Å². The summed E-state index contributed by atoms with van der Waals surface area (Å²) in [6.45, 7) is 7.03. The fourth-order valence-corrected chi connectivity index (χ4v) is 5.12. The quantitative estimate of drug-likeness (QED) is 0.472. The van der Waals surface area contributed by atoms with Crippen LogP contribution in [0.2, 0.25) is 0 Å². The predicted octanol–water partition coefficient (Wildman–Crippen LogP) is 5.54. The van der Waals surface area contributed by atoms with E-state index in [1.54, 1.807) is 36.0 Å². The van der Waals surface area contributed by atoms with Gasteiger partial charge in [-0.1, -0.05) is 39.0 Å². The lowest BCUT2D eigenvalue weighted by Gasteiger charge is -2.20. The first-order chi connectivity index (χ1) is 16.8. The van der Waals surface area contributed by atoms with Crippen molar-refractivity contribution >= 4 is 33.1 Å². The number of carbonyl (C=O) groups excluding carboxylic acids is 1. The molecule has 1 heterocycles. The molecule has 2 N–H and O–H groups in total. The lowest BCUT2D eigenvalue weighted by Crippen LogP contribution is -2.30. The monoisotopic (exact) mass is 510 g/mol. The zero-order valence-corrected chi connectivity index (χ0v) is 21.9. The number of anilines is 3. The predicted molar refractivity (Wildman–Crippen MR) is 141 cm³/mol. The lowest BCUT2D eigenvalue weighted by atomic mass is 9.87. The smallest absolute Gasteiger partial charge is 0.322 e. The number of nitrogens with one attached hydrogen (secondary N) is 2. The topological polar surface area (TPSA) is 81.8 Å². The second kappa shape index (κ2) is 9.46. The highest BCUT2D eigenvalue weighted by molar-refractivity contribution is 7.92. The molecule has 9 heteroatoms. The molecule has 190 valence electrons. The van der Waals surface area contributed by atoms with Crippen LogP contribution in [0.25, 0.3) is 0 Å². The molecular formula is C27H31FN4O3S. The van der Waals surface area contributed by atoms with Gasteiger partial charge in [-0.15, -0.1) is 0 Å². The minimum absolute atomic E-state index is 0.0101. The van der Waals surface area contributed by atoms with Gasteiger partial charge in [-0.2, -0.15) is 0 Å². The van der Waals surface area contributed by atoms with Gasteiger partial charge in [0, 0.05) is 38.6 Å². The van der Waals surface area contributed by atoms with Crippen molar-refractivity contribution in [3.8, 4) is 0 Å². The molecule has 0 bridgehead atoms. The van der Waals surface area contributed by atoms with Gasteiger partial charge in [-0.25, -0.2) is 17.6 Å². The third-order valence-electron chi connectivity index (χ3n) is 6.21. The maximum absolute atomic E-state index is 14.3. The Morgan fingerprint density at radius 1 is 0.944 bits per heavy atom. The van der Waals surface area contributed by atoms with Gasteiger partial charge in [-0.3, -0.25) is 4.72 Å². The van der Waals surface area contributed by atoms with Gasteiger partial charge in [0.05, 0.1) is 10.6 Å². The van der Waals surface area contributed by atoms with Gasteiger partial charge < -0.3 is 15.1 Å². The lowest BCUT2D eigenvalue weighted by molar-refractivity contribution is 0.212. The average Bonchev–Trinajstić information content (AvgIpc) is 3.24. The van der Waals surface area contributed by atoms with Crippen LogP contribution in [-0.4, -0.2) is 33.4 Å². The number of sulfonamides is 1. The molecule has 0 fully saturated rings. The number of urea groups is 1. The van der Waals surface area contributed by atoms with Crippen molar-refractivity contribution < 1.29 is 17.6 Å². The highest BCUT2D eigenvalue weighted by Gasteiger charge is 2.26. The molecule has 1 aliphatic rings. The minimum atomic E-state index is -4.03. The number of fused-ring (bicyclic) bond motifs is 1. The van der Waals surface area contributed by atoms with Crippen LogP contribution in [0.3, 0.4) is 0 Å². The van der Waals surface area contributed by atoms with E-state index < -0.39 is 15.8 Å². The van der Waals surface area contributed by atoms with Crippen LogP contribution in [0.5, 0.6) is 0 Å². The summed E-state index contributed by atoms with van der Waals surface area (Å²) < 4.78 is 42.7. The third kappa shape index (κ3) is 5.46. The zero-order valence-electron chi connectivity index (χ0n) is 21.1. The number of nitrogens with zero attached hydrogens (tertiary/aromatic N) is 2. The maximum Gasteiger partial charge on any atom is 0.322 e. The third-order valence-corrected chi connectivity index (χ3v) is 7.57. The first-order valence-electron chi connectivity index (χ1n) is 11.6. The Morgan fingerprint density at radius 2 is 1.61 bits per heavy atom. The minimum Gasteiger partial charge on any atom is -0.378 e. The van der Waals surface area contributed by atoms with Crippen molar-refractivity contribution in [2.45, 2.75) is 44.2 Å². The number of halogens is 1. The molecule has 0 radical (unpaired) electrons. The number of amides is 2. The fraction of sp³-hybridized carbons (Fsp3) is 0.296. The second-order valence-corrected chi connectivity index (χ2v) is 11.9. The Labute approximate surface area is 212 Å². The highest BCUT2D eigenvalue weighted by atomic mass is 32.2. The van der Waals surface area contributed by atoms with Crippen molar-refractivity contribution in [2.75, 3.05) is 29.0 Å². The molecule has 36 heavy (non-hydrogen) atoms. The molecule has 0 aliphatic carbocycles. The molecule has 0 unspecified atom stereocenters. The van der Waals surface area contributed by atoms with Crippen LogP contribution in [0, 0.1) is 5.82 Å². The molecular weight excluding hydrogens is 479 g/mol. The van der Waals surface area contributed by atoms with Crippen LogP contribution in [-0.2, 0) is 28.5 Å². The van der Waals surface area contributed by atoms with Crippen LogP contribution in [0.4, 0.5) is 26.2 Å². The van der Waals surface area contributed by atoms with E-state index in [1.807, 2.05) is 24.3 Å². The summed E-state index contributed by atoms with van der Waals surface area (Å²) in [5.74, 6) is -0.663. The fourth-order valence-electron chi connectivity index (χ4n) is 4.01. The van der Waals surface area contributed by atoms with Gasteiger partial charge in [-0.05, 0) is 64.6 Å². The first kappa shape index (κ1) is 25.5. The molecule has 3 aromatic rings. The van der Waals surface area contributed by atoms with Crippen molar-refractivity contribution in [3.05, 3.63) is 83.2 Å². The number of benzene rings is 3.